The van der Waals surface area contributed by atoms with Crippen LogP contribution in [0.3, 0.4) is 0 Å². The Hall–Kier alpha value is -0.950. The molecule has 106 valence electrons. The van der Waals surface area contributed by atoms with Crippen molar-refractivity contribution in [3.05, 3.63) is 30.3 Å². The van der Waals surface area contributed by atoms with Crippen molar-refractivity contribution in [3.8, 4) is 0 Å². The lowest BCUT2D eigenvalue weighted by atomic mass is 10.1. The topological polar surface area (TPSA) is 60.9 Å². The summed E-state index contributed by atoms with van der Waals surface area (Å²) >= 11 is 0. The fraction of sp³-hybridized carbons (Fsp3) is 0.538. The predicted octanol–water partition coefficient (Wildman–Crippen LogP) is 0.374. The van der Waals surface area contributed by atoms with Gasteiger partial charge in [-0.15, -0.1) is 0 Å². The SMILES string of the molecule is CN1CCN(S(=O)(=O)c2ccccc2)C[C@@H]1CCO. The predicted molar refractivity (Wildman–Crippen MR) is 73.3 cm³/mol. The van der Waals surface area contributed by atoms with E-state index in [0.29, 0.717) is 31.0 Å². The summed E-state index contributed by atoms with van der Waals surface area (Å²) in [6, 6.07) is 8.58. The lowest BCUT2D eigenvalue weighted by molar-refractivity contribution is 0.120. The van der Waals surface area contributed by atoms with Crippen molar-refractivity contribution < 1.29 is 13.5 Å². The first-order chi connectivity index (χ1) is 9.05. The van der Waals surface area contributed by atoms with Gasteiger partial charge in [0, 0.05) is 32.3 Å². The molecule has 1 aromatic carbocycles. The van der Waals surface area contributed by atoms with Crippen molar-refractivity contribution in [2.75, 3.05) is 33.3 Å². The Morgan fingerprint density at radius 2 is 1.95 bits per heavy atom. The molecule has 2 rings (SSSR count). The minimum atomic E-state index is -3.41. The molecule has 0 bridgehead atoms. The third-order valence-corrected chi connectivity index (χ3v) is 5.46. The van der Waals surface area contributed by atoms with Crippen molar-refractivity contribution in [2.45, 2.75) is 17.4 Å². The van der Waals surface area contributed by atoms with E-state index in [4.69, 9.17) is 5.11 Å². The van der Waals surface area contributed by atoms with Gasteiger partial charge in [0.05, 0.1) is 4.90 Å². The molecule has 1 aliphatic rings. The summed E-state index contributed by atoms with van der Waals surface area (Å²) in [6.07, 6.45) is 0.595. The molecule has 1 saturated heterocycles. The van der Waals surface area contributed by atoms with Crippen molar-refractivity contribution >= 4 is 10.0 Å². The Labute approximate surface area is 114 Å². The van der Waals surface area contributed by atoms with Crippen LogP contribution in [0.25, 0.3) is 0 Å². The third kappa shape index (κ3) is 3.14. The van der Waals surface area contributed by atoms with Crippen LogP contribution < -0.4 is 0 Å². The third-order valence-electron chi connectivity index (χ3n) is 3.58. The van der Waals surface area contributed by atoms with Crippen molar-refractivity contribution in [1.82, 2.24) is 9.21 Å². The number of hydrogen-bond acceptors (Lipinski definition) is 4. The van der Waals surface area contributed by atoms with Crippen LogP contribution in [0, 0.1) is 0 Å². The normalized spacial score (nSPS) is 22.5. The van der Waals surface area contributed by atoms with E-state index in [0.717, 1.165) is 0 Å². The molecule has 0 unspecified atom stereocenters. The number of piperazine rings is 1. The van der Waals surface area contributed by atoms with Crippen molar-refractivity contribution in [1.29, 1.82) is 0 Å². The van der Waals surface area contributed by atoms with Crippen LogP contribution in [0.1, 0.15) is 6.42 Å². The molecule has 1 atom stereocenters. The monoisotopic (exact) mass is 284 g/mol. The van der Waals surface area contributed by atoms with Gasteiger partial charge in [0.25, 0.3) is 0 Å². The van der Waals surface area contributed by atoms with E-state index < -0.39 is 10.0 Å². The first-order valence-corrected chi connectivity index (χ1v) is 7.86. The van der Waals surface area contributed by atoms with Crippen LogP contribution in [-0.2, 0) is 10.0 Å². The van der Waals surface area contributed by atoms with Crippen molar-refractivity contribution in [3.63, 3.8) is 0 Å². The molecule has 19 heavy (non-hydrogen) atoms. The van der Waals surface area contributed by atoms with E-state index in [1.165, 1.54) is 4.31 Å². The summed E-state index contributed by atoms with van der Waals surface area (Å²) in [5.41, 5.74) is 0. The van der Waals surface area contributed by atoms with Gasteiger partial charge < -0.3 is 10.0 Å². The Bertz CT molecular complexity index is 504. The summed E-state index contributed by atoms with van der Waals surface area (Å²) in [6.45, 7) is 1.70. The smallest absolute Gasteiger partial charge is 0.243 e. The highest BCUT2D eigenvalue weighted by Gasteiger charge is 2.32. The summed E-state index contributed by atoms with van der Waals surface area (Å²) in [4.78, 5) is 2.44. The molecule has 1 N–H and O–H groups in total. The van der Waals surface area contributed by atoms with Gasteiger partial charge in [-0.2, -0.15) is 4.31 Å². The number of aliphatic hydroxyl groups excluding tert-OH is 1. The summed E-state index contributed by atoms with van der Waals surface area (Å²) in [7, 11) is -1.45. The number of likely N-dealkylation sites (N-methyl/N-ethyl adjacent to an activating group) is 1. The second kappa shape index (κ2) is 6.00. The van der Waals surface area contributed by atoms with E-state index in [-0.39, 0.29) is 12.6 Å². The quantitative estimate of drug-likeness (QED) is 0.868. The van der Waals surface area contributed by atoms with Crippen LogP contribution >= 0.6 is 0 Å². The summed E-state index contributed by atoms with van der Waals surface area (Å²) in [5, 5.41) is 9.05. The van der Waals surface area contributed by atoms with Gasteiger partial charge in [-0.3, -0.25) is 0 Å². The largest absolute Gasteiger partial charge is 0.396 e. The van der Waals surface area contributed by atoms with E-state index in [1.807, 2.05) is 7.05 Å². The zero-order chi connectivity index (χ0) is 13.9. The molecule has 1 aromatic rings. The highest BCUT2D eigenvalue weighted by Crippen LogP contribution is 2.20. The highest BCUT2D eigenvalue weighted by atomic mass is 32.2. The zero-order valence-electron chi connectivity index (χ0n) is 11.1. The van der Waals surface area contributed by atoms with Crippen LogP contribution in [0.2, 0.25) is 0 Å². The fourth-order valence-corrected chi connectivity index (χ4v) is 3.83. The fourth-order valence-electron chi connectivity index (χ4n) is 2.34. The minimum Gasteiger partial charge on any atom is -0.396 e. The molecule has 0 saturated carbocycles. The standard InChI is InChI=1S/C13H20N2O3S/c1-14-8-9-15(11-12(14)7-10-16)19(17,18)13-5-3-2-4-6-13/h2-6,12,16H,7-11H2,1H3/t12-/m0/s1. The molecule has 0 aromatic heterocycles. The lowest BCUT2D eigenvalue weighted by Crippen LogP contribution is -2.53. The molecule has 1 heterocycles. The molecular weight excluding hydrogens is 264 g/mol. The molecule has 5 nitrogen and oxygen atoms in total. The Balaban J connectivity index is 2.18. The van der Waals surface area contributed by atoms with Gasteiger partial charge in [0.15, 0.2) is 0 Å². The number of sulfonamides is 1. The maximum absolute atomic E-state index is 12.5. The first kappa shape index (κ1) is 14.5. The number of aliphatic hydroxyl groups is 1. The van der Waals surface area contributed by atoms with E-state index in [9.17, 15) is 8.42 Å². The maximum Gasteiger partial charge on any atom is 0.243 e. The molecule has 0 amide bonds. The van der Waals surface area contributed by atoms with Crippen LogP contribution in [0.4, 0.5) is 0 Å². The van der Waals surface area contributed by atoms with Gasteiger partial charge in [0.2, 0.25) is 10.0 Å². The lowest BCUT2D eigenvalue weighted by Gasteiger charge is -2.38. The molecule has 0 radical (unpaired) electrons. The van der Waals surface area contributed by atoms with Gasteiger partial charge in [-0.1, -0.05) is 18.2 Å². The summed E-state index contributed by atoms with van der Waals surface area (Å²) in [5.74, 6) is 0. The second-order valence-electron chi connectivity index (χ2n) is 4.82. The molecule has 1 aliphatic heterocycles. The summed E-state index contributed by atoms with van der Waals surface area (Å²) < 4.78 is 26.5. The van der Waals surface area contributed by atoms with E-state index in [1.54, 1.807) is 30.3 Å². The van der Waals surface area contributed by atoms with Gasteiger partial charge in [-0.25, -0.2) is 8.42 Å². The average Bonchev–Trinajstić information content (AvgIpc) is 2.42. The maximum atomic E-state index is 12.5. The highest BCUT2D eigenvalue weighted by molar-refractivity contribution is 7.89. The zero-order valence-corrected chi connectivity index (χ0v) is 11.9. The van der Waals surface area contributed by atoms with Crippen LogP contribution in [0.5, 0.6) is 0 Å². The number of nitrogens with zero attached hydrogens (tertiary/aromatic N) is 2. The van der Waals surface area contributed by atoms with Crippen LogP contribution in [0.15, 0.2) is 35.2 Å². The first-order valence-electron chi connectivity index (χ1n) is 6.42. The minimum absolute atomic E-state index is 0.0776. The number of benzene rings is 1. The Kier molecular flexibility index (Phi) is 4.57. The average molecular weight is 284 g/mol. The van der Waals surface area contributed by atoms with Crippen molar-refractivity contribution in [2.24, 2.45) is 0 Å². The van der Waals surface area contributed by atoms with Gasteiger partial charge >= 0.3 is 0 Å². The van der Waals surface area contributed by atoms with Crippen LogP contribution in [-0.4, -0.2) is 62.1 Å². The van der Waals surface area contributed by atoms with E-state index >= 15 is 0 Å². The van der Waals surface area contributed by atoms with E-state index in [2.05, 4.69) is 4.90 Å². The molecule has 6 heteroatoms. The number of hydrogen-bond donors (Lipinski definition) is 1. The molecule has 0 spiro atoms. The molecule has 0 aliphatic carbocycles. The molecule has 1 fully saturated rings. The van der Waals surface area contributed by atoms with Gasteiger partial charge in [-0.05, 0) is 25.6 Å². The molecular formula is C13H20N2O3S. The Morgan fingerprint density at radius 1 is 1.26 bits per heavy atom. The second-order valence-corrected chi connectivity index (χ2v) is 6.76. The van der Waals surface area contributed by atoms with Gasteiger partial charge in [0.1, 0.15) is 0 Å². The Morgan fingerprint density at radius 3 is 2.58 bits per heavy atom. The number of rotatable bonds is 4.